The summed E-state index contributed by atoms with van der Waals surface area (Å²) < 4.78 is 0. The number of hydrogen-bond donors (Lipinski definition) is 2. The molecule has 2 aliphatic rings. The van der Waals surface area contributed by atoms with Gasteiger partial charge < -0.3 is 5.11 Å². The molecule has 2 unspecified atom stereocenters. The van der Waals surface area contributed by atoms with Gasteiger partial charge in [0.15, 0.2) is 0 Å². The molecule has 0 bridgehead atoms. The lowest BCUT2D eigenvalue weighted by Gasteiger charge is -2.33. The zero-order valence-electron chi connectivity index (χ0n) is 9.87. The first-order chi connectivity index (χ1) is 7.62. The third-order valence-corrected chi connectivity index (χ3v) is 5.14. The van der Waals surface area contributed by atoms with Crippen molar-refractivity contribution in [3.05, 3.63) is 0 Å². The van der Waals surface area contributed by atoms with E-state index in [4.69, 9.17) is 0 Å². The van der Waals surface area contributed by atoms with Crippen LogP contribution in [0.5, 0.6) is 0 Å². The summed E-state index contributed by atoms with van der Waals surface area (Å²) in [6, 6.07) is 0.427. The lowest BCUT2D eigenvalue weighted by Crippen LogP contribution is -2.56. The van der Waals surface area contributed by atoms with Gasteiger partial charge >= 0.3 is 5.97 Å². The molecule has 0 aromatic heterocycles. The standard InChI is InChI=1S/C12H21NO2S/c1-9-7-12(8-16-9,11(14)15)13-10-5-3-2-4-6-10/h9-10,13H,2-8H2,1H3,(H,14,15). The van der Waals surface area contributed by atoms with Crippen LogP contribution in [0.3, 0.4) is 0 Å². The third-order valence-electron chi connectivity index (χ3n) is 3.75. The number of carbonyl (C=O) groups is 1. The Morgan fingerprint density at radius 3 is 2.56 bits per heavy atom. The Kier molecular flexibility index (Phi) is 3.80. The predicted molar refractivity (Wildman–Crippen MR) is 66.9 cm³/mol. The van der Waals surface area contributed by atoms with Gasteiger partial charge in [0.2, 0.25) is 0 Å². The minimum Gasteiger partial charge on any atom is -0.480 e. The molecule has 92 valence electrons. The average molecular weight is 243 g/mol. The fourth-order valence-electron chi connectivity index (χ4n) is 2.84. The highest BCUT2D eigenvalue weighted by atomic mass is 32.2. The van der Waals surface area contributed by atoms with Crippen molar-refractivity contribution in [2.24, 2.45) is 0 Å². The number of thioether (sulfide) groups is 1. The van der Waals surface area contributed by atoms with Gasteiger partial charge in [-0.25, -0.2) is 0 Å². The third kappa shape index (κ3) is 2.54. The van der Waals surface area contributed by atoms with E-state index in [0.717, 1.165) is 25.0 Å². The van der Waals surface area contributed by atoms with Gasteiger partial charge in [0.1, 0.15) is 5.54 Å². The SMILES string of the molecule is CC1CC(NC2CCCCC2)(C(=O)O)CS1. The second-order valence-corrected chi connectivity index (χ2v) is 6.62. The lowest BCUT2D eigenvalue weighted by atomic mass is 9.90. The van der Waals surface area contributed by atoms with Crippen LogP contribution in [0.2, 0.25) is 0 Å². The summed E-state index contributed by atoms with van der Waals surface area (Å²) in [7, 11) is 0. The van der Waals surface area contributed by atoms with E-state index in [1.807, 2.05) is 0 Å². The summed E-state index contributed by atoms with van der Waals surface area (Å²) in [6.07, 6.45) is 6.86. The lowest BCUT2D eigenvalue weighted by molar-refractivity contribution is -0.144. The highest BCUT2D eigenvalue weighted by Crippen LogP contribution is 2.36. The van der Waals surface area contributed by atoms with Crippen molar-refractivity contribution in [3.8, 4) is 0 Å². The Labute approximate surface area is 101 Å². The smallest absolute Gasteiger partial charge is 0.324 e. The maximum absolute atomic E-state index is 11.5. The Morgan fingerprint density at radius 2 is 2.06 bits per heavy atom. The van der Waals surface area contributed by atoms with Gasteiger partial charge in [-0.1, -0.05) is 26.2 Å². The van der Waals surface area contributed by atoms with Crippen molar-refractivity contribution in [2.45, 2.75) is 62.3 Å². The largest absolute Gasteiger partial charge is 0.480 e. The summed E-state index contributed by atoms with van der Waals surface area (Å²) in [6.45, 7) is 2.12. The first-order valence-corrected chi connectivity index (χ1v) is 7.30. The number of rotatable bonds is 3. The Balaban J connectivity index is 1.99. The van der Waals surface area contributed by atoms with Crippen LogP contribution < -0.4 is 5.32 Å². The van der Waals surface area contributed by atoms with Crippen LogP contribution in [0, 0.1) is 0 Å². The molecule has 3 nitrogen and oxygen atoms in total. The van der Waals surface area contributed by atoms with E-state index >= 15 is 0 Å². The number of aliphatic carboxylic acids is 1. The number of hydrogen-bond acceptors (Lipinski definition) is 3. The van der Waals surface area contributed by atoms with Gasteiger partial charge in [0.05, 0.1) is 0 Å². The van der Waals surface area contributed by atoms with E-state index in [1.54, 1.807) is 11.8 Å². The molecule has 1 heterocycles. The van der Waals surface area contributed by atoms with Crippen molar-refractivity contribution in [1.29, 1.82) is 0 Å². The van der Waals surface area contributed by atoms with Crippen LogP contribution in [0.15, 0.2) is 0 Å². The zero-order chi connectivity index (χ0) is 11.6. The molecule has 2 atom stereocenters. The maximum atomic E-state index is 11.5. The van der Waals surface area contributed by atoms with E-state index in [0.29, 0.717) is 11.3 Å². The van der Waals surface area contributed by atoms with E-state index in [1.165, 1.54) is 19.3 Å². The molecule has 1 aliphatic heterocycles. The van der Waals surface area contributed by atoms with Crippen LogP contribution >= 0.6 is 11.8 Å². The molecule has 0 aromatic carbocycles. The van der Waals surface area contributed by atoms with Crippen molar-refractivity contribution < 1.29 is 9.90 Å². The van der Waals surface area contributed by atoms with Gasteiger partial charge in [-0.2, -0.15) is 11.8 Å². The number of nitrogens with one attached hydrogen (secondary N) is 1. The summed E-state index contributed by atoms with van der Waals surface area (Å²) in [4.78, 5) is 11.5. The molecule has 1 saturated heterocycles. The van der Waals surface area contributed by atoms with Gasteiger partial charge in [-0.15, -0.1) is 0 Å². The highest BCUT2D eigenvalue weighted by Gasteiger charge is 2.45. The molecular weight excluding hydrogens is 222 g/mol. The maximum Gasteiger partial charge on any atom is 0.324 e. The second kappa shape index (κ2) is 4.96. The van der Waals surface area contributed by atoms with Crippen molar-refractivity contribution >= 4 is 17.7 Å². The monoisotopic (exact) mass is 243 g/mol. The van der Waals surface area contributed by atoms with Crippen molar-refractivity contribution in [3.63, 3.8) is 0 Å². The van der Waals surface area contributed by atoms with Gasteiger partial charge in [-0.05, 0) is 19.3 Å². The predicted octanol–water partition coefficient (Wildman–Crippen LogP) is 2.26. The number of carboxylic acids is 1. The van der Waals surface area contributed by atoms with Gasteiger partial charge in [-0.3, -0.25) is 10.1 Å². The molecule has 0 radical (unpaired) electrons. The Hall–Kier alpha value is -0.220. The zero-order valence-corrected chi connectivity index (χ0v) is 10.7. The van der Waals surface area contributed by atoms with Crippen LogP contribution in [0.25, 0.3) is 0 Å². The van der Waals surface area contributed by atoms with Crippen molar-refractivity contribution in [1.82, 2.24) is 5.32 Å². The fourth-order valence-corrected chi connectivity index (χ4v) is 4.14. The molecule has 0 amide bonds. The molecule has 1 saturated carbocycles. The summed E-state index contributed by atoms with van der Waals surface area (Å²) >= 11 is 1.78. The first kappa shape index (κ1) is 12.2. The Morgan fingerprint density at radius 1 is 1.38 bits per heavy atom. The van der Waals surface area contributed by atoms with Crippen LogP contribution in [-0.4, -0.2) is 33.7 Å². The normalized spacial score (nSPS) is 36.4. The molecule has 2 N–H and O–H groups in total. The van der Waals surface area contributed by atoms with Gasteiger partial charge in [0, 0.05) is 17.0 Å². The fraction of sp³-hybridized carbons (Fsp3) is 0.917. The van der Waals surface area contributed by atoms with E-state index < -0.39 is 11.5 Å². The van der Waals surface area contributed by atoms with Crippen LogP contribution in [0.1, 0.15) is 45.4 Å². The second-order valence-electron chi connectivity index (χ2n) is 5.19. The molecular formula is C12H21NO2S. The molecule has 1 aliphatic carbocycles. The average Bonchev–Trinajstić information content (AvgIpc) is 2.63. The molecule has 4 heteroatoms. The quantitative estimate of drug-likeness (QED) is 0.798. The molecule has 2 fully saturated rings. The van der Waals surface area contributed by atoms with E-state index in [-0.39, 0.29) is 0 Å². The molecule has 2 rings (SSSR count). The highest BCUT2D eigenvalue weighted by molar-refractivity contribution is 8.00. The number of carboxylic acid groups (broad SMARTS) is 1. The minimum atomic E-state index is -0.657. The van der Waals surface area contributed by atoms with Crippen LogP contribution in [0.4, 0.5) is 0 Å². The minimum absolute atomic E-state index is 0.427. The molecule has 16 heavy (non-hydrogen) atoms. The topological polar surface area (TPSA) is 49.3 Å². The summed E-state index contributed by atoms with van der Waals surface area (Å²) in [5.41, 5.74) is -0.647. The van der Waals surface area contributed by atoms with Crippen LogP contribution in [-0.2, 0) is 4.79 Å². The summed E-state index contributed by atoms with van der Waals surface area (Å²) in [5, 5.41) is 13.3. The van der Waals surface area contributed by atoms with Crippen molar-refractivity contribution in [2.75, 3.05) is 5.75 Å². The molecule has 0 spiro atoms. The Bertz CT molecular complexity index is 266. The van der Waals surface area contributed by atoms with E-state index in [2.05, 4.69) is 12.2 Å². The first-order valence-electron chi connectivity index (χ1n) is 6.25. The summed E-state index contributed by atoms with van der Waals surface area (Å²) in [5.74, 6) is 0.0647. The van der Waals surface area contributed by atoms with Gasteiger partial charge in [0.25, 0.3) is 0 Å². The van der Waals surface area contributed by atoms with E-state index in [9.17, 15) is 9.90 Å². The molecule has 0 aromatic rings.